The number of likely N-dealkylation sites (tertiary alicyclic amines) is 1. The molecule has 1 aliphatic rings. The lowest BCUT2D eigenvalue weighted by molar-refractivity contribution is -0.140. The van der Waals surface area contributed by atoms with Gasteiger partial charge in [0, 0.05) is 12.1 Å². The largest absolute Gasteiger partial charge is 0.507 e. The van der Waals surface area contributed by atoms with Crippen LogP contribution in [-0.4, -0.2) is 59.4 Å². The first-order valence-corrected chi connectivity index (χ1v) is 11.4. The van der Waals surface area contributed by atoms with Gasteiger partial charge in [0.15, 0.2) is 0 Å². The van der Waals surface area contributed by atoms with Crippen LogP contribution in [0.5, 0.6) is 5.75 Å². The lowest BCUT2D eigenvalue weighted by Gasteiger charge is -2.27. The van der Waals surface area contributed by atoms with Crippen molar-refractivity contribution in [3.05, 3.63) is 71.0 Å². The topological polar surface area (TPSA) is 70.1 Å². The van der Waals surface area contributed by atoms with Gasteiger partial charge in [-0.2, -0.15) is 0 Å². The van der Waals surface area contributed by atoms with Gasteiger partial charge in [0.1, 0.15) is 17.3 Å². The number of amides is 1. The van der Waals surface area contributed by atoms with E-state index in [0.29, 0.717) is 30.9 Å². The summed E-state index contributed by atoms with van der Waals surface area (Å²) in [6.07, 6.45) is 0.687. The van der Waals surface area contributed by atoms with Crippen LogP contribution in [0.1, 0.15) is 44.4 Å². The SMILES string of the molecule is CCOc1cccc(C2C(=C(O)c3ccc(F)cc3)C(=O)C(=O)N2CCCN(CC)CC)c1. The van der Waals surface area contributed by atoms with Crippen LogP contribution in [0.25, 0.3) is 5.76 Å². The molecule has 0 aromatic heterocycles. The number of aliphatic hydroxyl groups is 1. The maximum Gasteiger partial charge on any atom is 0.295 e. The van der Waals surface area contributed by atoms with E-state index in [1.165, 1.54) is 29.2 Å². The van der Waals surface area contributed by atoms with Crippen LogP contribution in [0.2, 0.25) is 0 Å². The molecular weight excluding hydrogens is 423 g/mol. The maximum atomic E-state index is 13.4. The molecule has 6 nitrogen and oxygen atoms in total. The van der Waals surface area contributed by atoms with E-state index in [4.69, 9.17) is 4.74 Å². The molecule has 7 heteroatoms. The van der Waals surface area contributed by atoms with Gasteiger partial charge in [-0.1, -0.05) is 26.0 Å². The van der Waals surface area contributed by atoms with E-state index in [-0.39, 0.29) is 16.9 Å². The zero-order chi connectivity index (χ0) is 24.0. The number of hydrogen-bond donors (Lipinski definition) is 1. The molecule has 1 heterocycles. The standard InChI is InChI=1S/C26H31FN2O4/c1-4-28(5-2)15-8-16-29-23(19-9-7-10-21(17-19)33-6-3)22(25(31)26(29)32)24(30)18-11-13-20(27)14-12-18/h7,9-14,17,23,30H,4-6,8,15-16H2,1-3H3. The Labute approximate surface area is 194 Å². The fourth-order valence-electron chi connectivity index (χ4n) is 4.17. The van der Waals surface area contributed by atoms with E-state index >= 15 is 0 Å². The molecule has 0 spiro atoms. The second-order valence-electron chi connectivity index (χ2n) is 7.89. The molecule has 33 heavy (non-hydrogen) atoms. The van der Waals surface area contributed by atoms with Gasteiger partial charge in [0.2, 0.25) is 0 Å². The highest BCUT2D eigenvalue weighted by atomic mass is 19.1. The number of rotatable bonds is 10. The second-order valence-corrected chi connectivity index (χ2v) is 7.89. The van der Waals surface area contributed by atoms with E-state index in [0.717, 1.165) is 19.6 Å². The van der Waals surface area contributed by atoms with Crippen molar-refractivity contribution in [1.82, 2.24) is 9.80 Å². The quantitative estimate of drug-likeness (QED) is 0.328. The van der Waals surface area contributed by atoms with Crippen LogP contribution in [0.3, 0.4) is 0 Å². The first kappa shape index (κ1) is 24.5. The molecule has 1 N–H and O–H groups in total. The number of ether oxygens (including phenoxy) is 1. The smallest absolute Gasteiger partial charge is 0.295 e. The predicted molar refractivity (Wildman–Crippen MR) is 125 cm³/mol. The number of carbonyl (C=O) groups excluding carboxylic acids is 2. The van der Waals surface area contributed by atoms with Crippen LogP contribution >= 0.6 is 0 Å². The highest BCUT2D eigenvalue weighted by Crippen LogP contribution is 2.40. The van der Waals surface area contributed by atoms with Crippen molar-refractivity contribution >= 4 is 17.4 Å². The van der Waals surface area contributed by atoms with Gasteiger partial charge in [-0.15, -0.1) is 0 Å². The number of aliphatic hydroxyl groups excluding tert-OH is 1. The summed E-state index contributed by atoms with van der Waals surface area (Å²) in [5.41, 5.74) is 0.957. The molecule has 1 saturated heterocycles. The first-order valence-electron chi connectivity index (χ1n) is 11.4. The lowest BCUT2D eigenvalue weighted by atomic mass is 9.95. The number of ketones is 1. The summed E-state index contributed by atoms with van der Waals surface area (Å²) in [4.78, 5) is 29.9. The zero-order valence-corrected chi connectivity index (χ0v) is 19.4. The van der Waals surface area contributed by atoms with Crippen molar-refractivity contribution in [2.45, 2.75) is 33.2 Å². The van der Waals surface area contributed by atoms with E-state index < -0.39 is 23.5 Å². The third-order valence-corrected chi connectivity index (χ3v) is 5.91. The maximum absolute atomic E-state index is 13.4. The summed E-state index contributed by atoms with van der Waals surface area (Å²) < 4.78 is 19.0. The summed E-state index contributed by atoms with van der Waals surface area (Å²) in [6, 6.07) is 11.7. The predicted octanol–water partition coefficient (Wildman–Crippen LogP) is 4.38. The lowest BCUT2D eigenvalue weighted by Crippen LogP contribution is -2.33. The molecule has 3 rings (SSSR count). The summed E-state index contributed by atoms with van der Waals surface area (Å²) in [5, 5.41) is 11.0. The van der Waals surface area contributed by atoms with E-state index in [2.05, 4.69) is 18.7 Å². The van der Waals surface area contributed by atoms with Crippen molar-refractivity contribution in [2.24, 2.45) is 0 Å². The molecule has 2 aromatic carbocycles. The van der Waals surface area contributed by atoms with Crippen molar-refractivity contribution in [3.8, 4) is 5.75 Å². The average molecular weight is 455 g/mol. The fourth-order valence-corrected chi connectivity index (χ4v) is 4.17. The van der Waals surface area contributed by atoms with Crippen molar-refractivity contribution in [2.75, 3.05) is 32.8 Å². The van der Waals surface area contributed by atoms with Crippen molar-refractivity contribution < 1.29 is 23.8 Å². The van der Waals surface area contributed by atoms with Crippen molar-refractivity contribution in [3.63, 3.8) is 0 Å². The normalized spacial score (nSPS) is 17.7. The minimum atomic E-state index is -0.757. The summed E-state index contributed by atoms with van der Waals surface area (Å²) in [7, 11) is 0. The Morgan fingerprint density at radius 2 is 1.79 bits per heavy atom. The van der Waals surface area contributed by atoms with Crippen LogP contribution in [0, 0.1) is 5.82 Å². The molecule has 176 valence electrons. The Bertz CT molecular complexity index is 1020. The zero-order valence-electron chi connectivity index (χ0n) is 19.4. The minimum absolute atomic E-state index is 0.00287. The molecule has 1 aliphatic heterocycles. The number of nitrogens with zero attached hydrogens (tertiary/aromatic N) is 2. The Hall–Kier alpha value is -3.19. The van der Waals surface area contributed by atoms with E-state index in [1.54, 1.807) is 18.2 Å². The summed E-state index contributed by atoms with van der Waals surface area (Å²) >= 11 is 0. The van der Waals surface area contributed by atoms with Gasteiger partial charge in [0.05, 0.1) is 18.2 Å². The van der Waals surface area contributed by atoms with Gasteiger partial charge >= 0.3 is 0 Å². The number of halogens is 1. The van der Waals surface area contributed by atoms with Gasteiger partial charge in [-0.05, 0) is 74.9 Å². The third kappa shape index (κ3) is 5.42. The van der Waals surface area contributed by atoms with Gasteiger partial charge in [-0.3, -0.25) is 9.59 Å². The molecular formula is C26H31FN2O4. The average Bonchev–Trinajstić information content (AvgIpc) is 3.07. The summed E-state index contributed by atoms with van der Waals surface area (Å²) in [6.45, 7) is 9.47. The molecule has 1 fully saturated rings. The van der Waals surface area contributed by atoms with Crippen LogP contribution < -0.4 is 4.74 Å². The fraction of sp³-hybridized carbons (Fsp3) is 0.385. The number of benzene rings is 2. The Balaban J connectivity index is 2.04. The monoisotopic (exact) mass is 454 g/mol. The van der Waals surface area contributed by atoms with Gasteiger partial charge < -0.3 is 19.6 Å². The Morgan fingerprint density at radius 3 is 2.42 bits per heavy atom. The van der Waals surface area contributed by atoms with Crippen LogP contribution in [0.4, 0.5) is 4.39 Å². The highest BCUT2D eigenvalue weighted by molar-refractivity contribution is 6.46. The molecule has 1 atom stereocenters. The van der Waals surface area contributed by atoms with Gasteiger partial charge in [0.25, 0.3) is 11.7 Å². The van der Waals surface area contributed by atoms with E-state index in [1.807, 2.05) is 13.0 Å². The molecule has 0 bridgehead atoms. The molecule has 0 radical (unpaired) electrons. The molecule has 2 aromatic rings. The van der Waals surface area contributed by atoms with Gasteiger partial charge in [-0.25, -0.2) is 4.39 Å². The van der Waals surface area contributed by atoms with Crippen LogP contribution in [0.15, 0.2) is 54.1 Å². The number of hydrogen-bond acceptors (Lipinski definition) is 5. The van der Waals surface area contributed by atoms with Crippen LogP contribution in [-0.2, 0) is 9.59 Å². The Morgan fingerprint density at radius 1 is 1.09 bits per heavy atom. The third-order valence-electron chi connectivity index (χ3n) is 5.91. The molecule has 0 aliphatic carbocycles. The minimum Gasteiger partial charge on any atom is -0.507 e. The summed E-state index contributed by atoms with van der Waals surface area (Å²) in [5.74, 6) is -1.54. The van der Waals surface area contributed by atoms with Crippen molar-refractivity contribution in [1.29, 1.82) is 0 Å². The first-order chi connectivity index (χ1) is 15.9. The molecule has 1 amide bonds. The molecule has 1 unspecified atom stereocenters. The Kier molecular flexibility index (Phi) is 8.22. The highest BCUT2D eigenvalue weighted by Gasteiger charge is 2.45. The molecule has 0 saturated carbocycles. The van der Waals surface area contributed by atoms with E-state index in [9.17, 15) is 19.1 Å². The second kappa shape index (κ2) is 11.1. The number of carbonyl (C=O) groups is 2. The number of Topliss-reactive ketones (excluding diaryl/α,β-unsaturated/α-hetero) is 1.